The van der Waals surface area contributed by atoms with E-state index < -0.39 is 5.82 Å². The molecule has 0 unspecified atom stereocenters. The third-order valence-corrected chi connectivity index (χ3v) is 1.29. The van der Waals surface area contributed by atoms with E-state index in [1.807, 2.05) is 0 Å². The van der Waals surface area contributed by atoms with Crippen LogP contribution in [0.3, 0.4) is 0 Å². The van der Waals surface area contributed by atoms with Crippen LogP contribution in [0.5, 0.6) is 5.75 Å². The minimum atomic E-state index is -0.496. The van der Waals surface area contributed by atoms with E-state index in [0.717, 1.165) is 0 Å². The van der Waals surface area contributed by atoms with Crippen LogP contribution in [0.2, 0.25) is 0 Å². The molecular weight excluding hydrogens is 157 g/mol. The number of anilines is 1. The maximum atomic E-state index is 12.7. The van der Waals surface area contributed by atoms with Crippen LogP contribution >= 0.6 is 0 Å². The van der Waals surface area contributed by atoms with Crippen molar-refractivity contribution in [1.29, 1.82) is 0 Å². The summed E-state index contributed by atoms with van der Waals surface area (Å²) in [5, 5.41) is 0. The summed E-state index contributed by atoms with van der Waals surface area (Å²) in [5.74, 6) is 2.17. The molecule has 2 N–H and O–H groups in total. The normalized spacial score (nSPS) is 9.00. The highest BCUT2D eigenvalue weighted by molar-refractivity contribution is 5.43. The van der Waals surface area contributed by atoms with Gasteiger partial charge in [0.05, 0.1) is 5.69 Å². The molecule has 62 valence electrons. The Hall–Kier alpha value is -1.69. The van der Waals surface area contributed by atoms with Crippen LogP contribution in [0.1, 0.15) is 0 Å². The van der Waals surface area contributed by atoms with E-state index in [1.54, 1.807) is 6.07 Å². The quantitative estimate of drug-likeness (QED) is 0.531. The molecule has 0 radical (unpaired) electrons. The summed E-state index contributed by atoms with van der Waals surface area (Å²) in [6.45, 7) is 0.128. The van der Waals surface area contributed by atoms with E-state index in [0.29, 0.717) is 5.75 Å². The van der Waals surface area contributed by atoms with Gasteiger partial charge in [0.25, 0.3) is 0 Å². The number of nitrogen functional groups attached to an aromatic ring is 1. The zero-order chi connectivity index (χ0) is 8.97. The van der Waals surface area contributed by atoms with Gasteiger partial charge in [0.1, 0.15) is 18.2 Å². The summed E-state index contributed by atoms with van der Waals surface area (Å²) in [5.41, 5.74) is 5.35. The lowest BCUT2D eigenvalue weighted by molar-refractivity contribution is 0.368. The minimum absolute atomic E-state index is 0.100. The van der Waals surface area contributed by atoms with Gasteiger partial charge in [-0.05, 0) is 12.1 Å². The Morgan fingerprint density at radius 3 is 2.92 bits per heavy atom. The van der Waals surface area contributed by atoms with Crippen LogP contribution in [0.4, 0.5) is 10.1 Å². The average molecular weight is 165 g/mol. The van der Waals surface area contributed by atoms with Crippen molar-refractivity contribution in [2.24, 2.45) is 0 Å². The van der Waals surface area contributed by atoms with Crippen LogP contribution in [0.25, 0.3) is 0 Å². The first-order valence-electron chi connectivity index (χ1n) is 3.35. The molecule has 1 aromatic rings. The highest BCUT2D eigenvalue weighted by Gasteiger charge is 1.99. The molecule has 2 nitrogen and oxygen atoms in total. The van der Waals surface area contributed by atoms with Crippen molar-refractivity contribution in [2.75, 3.05) is 12.3 Å². The molecule has 0 amide bonds. The Morgan fingerprint density at radius 1 is 1.58 bits per heavy atom. The Morgan fingerprint density at radius 2 is 2.33 bits per heavy atom. The van der Waals surface area contributed by atoms with E-state index in [2.05, 4.69) is 5.92 Å². The van der Waals surface area contributed by atoms with Gasteiger partial charge in [-0.1, -0.05) is 5.92 Å². The van der Waals surface area contributed by atoms with E-state index in [9.17, 15) is 4.39 Å². The van der Waals surface area contributed by atoms with Crippen molar-refractivity contribution in [3.8, 4) is 18.1 Å². The second kappa shape index (κ2) is 3.63. The second-order valence-corrected chi connectivity index (χ2v) is 2.18. The first-order valence-corrected chi connectivity index (χ1v) is 3.35. The number of rotatable bonds is 2. The van der Waals surface area contributed by atoms with Crippen LogP contribution in [-0.2, 0) is 0 Å². The largest absolute Gasteiger partial charge is 0.481 e. The molecule has 0 bridgehead atoms. The molecule has 0 heterocycles. The fraction of sp³-hybridized carbons (Fsp3) is 0.111. The number of benzene rings is 1. The van der Waals surface area contributed by atoms with Gasteiger partial charge >= 0.3 is 0 Å². The summed E-state index contributed by atoms with van der Waals surface area (Å²) in [4.78, 5) is 0. The molecule has 0 atom stereocenters. The lowest BCUT2D eigenvalue weighted by Gasteiger charge is -2.02. The topological polar surface area (TPSA) is 35.2 Å². The predicted molar refractivity (Wildman–Crippen MR) is 45.1 cm³/mol. The Balaban J connectivity index is 2.77. The molecule has 3 heteroatoms. The van der Waals surface area contributed by atoms with Gasteiger partial charge in [-0.2, -0.15) is 0 Å². The molecule has 12 heavy (non-hydrogen) atoms. The highest BCUT2D eigenvalue weighted by Crippen LogP contribution is 2.17. The number of nitrogens with two attached hydrogens (primary N) is 1. The van der Waals surface area contributed by atoms with Crippen molar-refractivity contribution >= 4 is 5.69 Å². The van der Waals surface area contributed by atoms with E-state index in [-0.39, 0.29) is 12.3 Å². The molecule has 0 spiro atoms. The number of hydrogen-bond donors (Lipinski definition) is 1. The fourth-order valence-electron chi connectivity index (χ4n) is 0.723. The molecule has 0 fully saturated rings. The molecule has 1 aromatic carbocycles. The Bertz CT molecular complexity index is 317. The van der Waals surface area contributed by atoms with Crippen molar-refractivity contribution in [1.82, 2.24) is 0 Å². The summed E-state index contributed by atoms with van der Waals surface area (Å²) in [6.07, 6.45) is 4.95. The van der Waals surface area contributed by atoms with Crippen LogP contribution in [0.15, 0.2) is 18.2 Å². The lowest BCUT2D eigenvalue weighted by Crippen LogP contribution is -1.95. The van der Waals surface area contributed by atoms with Crippen LogP contribution in [0, 0.1) is 18.2 Å². The molecule has 0 aliphatic rings. The van der Waals surface area contributed by atoms with Crippen molar-refractivity contribution in [3.05, 3.63) is 24.0 Å². The number of terminal acetylenes is 1. The minimum Gasteiger partial charge on any atom is -0.481 e. The van der Waals surface area contributed by atoms with Gasteiger partial charge in [0.2, 0.25) is 0 Å². The monoisotopic (exact) mass is 165 g/mol. The van der Waals surface area contributed by atoms with Gasteiger partial charge < -0.3 is 10.5 Å². The van der Waals surface area contributed by atoms with E-state index in [1.165, 1.54) is 12.1 Å². The van der Waals surface area contributed by atoms with Crippen LogP contribution < -0.4 is 10.5 Å². The summed E-state index contributed by atoms with van der Waals surface area (Å²) in [6, 6.07) is 4.20. The smallest absolute Gasteiger partial charge is 0.149 e. The van der Waals surface area contributed by atoms with Crippen molar-refractivity contribution < 1.29 is 9.13 Å². The van der Waals surface area contributed by atoms with Crippen molar-refractivity contribution in [2.45, 2.75) is 0 Å². The van der Waals surface area contributed by atoms with Gasteiger partial charge in [0, 0.05) is 6.07 Å². The zero-order valence-corrected chi connectivity index (χ0v) is 6.38. The average Bonchev–Trinajstić information content (AvgIpc) is 2.07. The van der Waals surface area contributed by atoms with E-state index >= 15 is 0 Å². The van der Waals surface area contributed by atoms with Gasteiger partial charge in [0.15, 0.2) is 0 Å². The fourth-order valence-corrected chi connectivity index (χ4v) is 0.723. The summed E-state index contributed by atoms with van der Waals surface area (Å²) in [7, 11) is 0. The number of hydrogen-bond acceptors (Lipinski definition) is 2. The summed E-state index contributed by atoms with van der Waals surface area (Å²) >= 11 is 0. The molecule has 0 saturated carbocycles. The van der Waals surface area contributed by atoms with E-state index in [4.69, 9.17) is 16.9 Å². The molecule has 0 saturated heterocycles. The molecule has 0 aromatic heterocycles. The standard InChI is InChI=1S/C9H8FNO/c1-2-5-12-7-3-4-9(11)8(10)6-7/h1,3-4,6H,5,11H2. The van der Waals surface area contributed by atoms with Crippen LogP contribution in [-0.4, -0.2) is 6.61 Å². The predicted octanol–water partition coefficient (Wildman–Crippen LogP) is 1.42. The highest BCUT2D eigenvalue weighted by atomic mass is 19.1. The first kappa shape index (κ1) is 8.41. The lowest BCUT2D eigenvalue weighted by atomic mass is 10.3. The Kier molecular flexibility index (Phi) is 2.54. The third-order valence-electron chi connectivity index (χ3n) is 1.29. The molecule has 0 aliphatic carbocycles. The number of halogens is 1. The molecule has 0 aliphatic heterocycles. The number of ether oxygens (including phenoxy) is 1. The zero-order valence-electron chi connectivity index (χ0n) is 6.38. The molecule has 1 rings (SSSR count). The maximum Gasteiger partial charge on any atom is 0.149 e. The third kappa shape index (κ3) is 1.89. The molecular formula is C9H8FNO. The SMILES string of the molecule is C#CCOc1ccc(N)c(F)c1. The van der Waals surface area contributed by atoms with Gasteiger partial charge in [-0.15, -0.1) is 6.42 Å². The Labute approximate surface area is 70.1 Å². The summed E-state index contributed by atoms with van der Waals surface area (Å²) < 4.78 is 17.7. The van der Waals surface area contributed by atoms with Crippen molar-refractivity contribution in [3.63, 3.8) is 0 Å². The second-order valence-electron chi connectivity index (χ2n) is 2.18. The maximum absolute atomic E-state index is 12.7. The van der Waals surface area contributed by atoms with Gasteiger partial charge in [-0.25, -0.2) is 4.39 Å². The first-order chi connectivity index (χ1) is 5.74. The van der Waals surface area contributed by atoms with Gasteiger partial charge in [-0.3, -0.25) is 0 Å².